The van der Waals surface area contributed by atoms with Gasteiger partial charge in [-0.05, 0) is 56.0 Å². The van der Waals surface area contributed by atoms with E-state index in [0.29, 0.717) is 18.0 Å². The normalized spacial score (nSPS) is 19.4. The molecule has 1 aliphatic rings. The molecular weight excluding hydrogens is 331 g/mol. The fraction of sp³-hybridized carbons (Fsp3) is 0.611. The minimum absolute atomic E-state index is 0.182. The molecule has 0 aliphatic carbocycles. The van der Waals surface area contributed by atoms with E-state index >= 15 is 0 Å². The zero-order valence-corrected chi connectivity index (χ0v) is 14.9. The lowest BCUT2D eigenvalue weighted by molar-refractivity contribution is -0.137. The van der Waals surface area contributed by atoms with Gasteiger partial charge < -0.3 is 15.5 Å². The van der Waals surface area contributed by atoms with Crippen LogP contribution in [0, 0.1) is 11.8 Å². The molecule has 0 radical (unpaired) electrons. The van der Waals surface area contributed by atoms with Crippen molar-refractivity contribution >= 4 is 17.3 Å². The average molecular weight is 357 g/mol. The first kappa shape index (κ1) is 19.6. The summed E-state index contributed by atoms with van der Waals surface area (Å²) >= 11 is 0. The number of carbonyl (C=O) groups is 1. The van der Waals surface area contributed by atoms with Gasteiger partial charge in [0.15, 0.2) is 0 Å². The highest BCUT2D eigenvalue weighted by molar-refractivity contribution is 5.94. The molecule has 1 aliphatic heterocycles. The van der Waals surface area contributed by atoms with Crippen molar-refractivity contribution in [3.05, 3.63) is 23.8 Å². The van der Waals surface area contributed by atoms with Crippen molar-refractivity contribution in [3.8, 4) is 0 Å². The minimum Gasteiger partial charge on any atom is -0.376 e. The van der Waals surface area contributed by atoms with Crippen LogP contribution in [0.25, 0.3) is 0 Å². The van der Waals surface area contributed by atoms with E-state index < -0.39 is 11.7 Å². The van der Waals surface area contributed by atoms with Gasteiger partial charge in [0.1, 0.15) is 0 Å². The average Bonchev–Trinajstić information content (AvgIpc) is 2.54. The van der Waals surface area contributed by atoms with Crippen molar-refractivity contribution < 1.29 is 18.0 Å². The van der Waals surface area contributed by atoms with E-state index in [4.69, 9.17) is 0 Å². The van der Waals surface area contributed by atoms with Gasteiger partial charge in [0.05, 0.1) is 16.9 Å². The van der Waals surface area contributed by atoms with Crippen LogP contribution in [0.1, 0.15) is 31.7 Å². The third kappa shape index (κ3) is 5.36. The lowest BCUT2D eigenvalue weighted by Gasteiger charge is -2.28. The van der Waals surface area contributed by atoms with E-state index in [1.165, 1.54) is 6.07 Å². The zero-order chi connectivity index (χ0) is 18.6. The van der Waals surface area contributed by atoms with Crippen LogP contribution in [0.4, 0.5) is 24.5 Å². The van der Waals surface area contributed by atoms with Crippen molar-refractivity contribution in [1.82, 2.24) is 5.32 Å². The van der Waals surface area contributed by atoms with E-state index in [0.717, 1.165) is 38.1 Å². The Morgan fingerprint density at radius 2 is 2.12 bits per heavy atom. The number of nitrogens with one attached hydrogen (secondary N) is 2. The van der Waals surface area contributed by atoms with Gasteiger partial charge in [0, 0.05) is 20.5 Å². The summed E-state index contributed by atoms with van der Waals surface area (Å²) in [7, 11) is 3.46. The molecule has 1 heterocycles. The van der Waals surface area contributed by atoms with Crippen molar-refractivity contribution in [2.24, 2.45) is 11.8 Å². The van der Waals surface area contributed by atoms with E-state index in [1.807, 2.05) is 6.92 Å². The number of carbonyl (C=O) groups excluding carboxylic acids is 1. The van der Waals surface area contributed by atoms with E-state index in [-0.39, 0.29) is 17.5 Å². The maximum absolute atomic E-state index is 13.0. The highest BCUT2D eigenvalue weighted by Crippen LogP contribution is 2.35. The molecule has 25 heavy (non-hydrogen) atoms. The number of piperidine rings is 1. The van der Waals surface area contributed by atoms with Gasteiger partial charge in [0.2, 0.25) is 5.91 Å². The number of rotatable bonds is 5. The Balaban J connectivity index is 2.10. The molecule has 140 valence electrons. The monoisotopic (exact) mass is 357 g/mol. The summed E-state index contributed by atoms with van der Waals surface area (Å²) in [4.78, 5) is 14.1. The smallest absolute Gasteiger partial charge is 0.376 e. The fourth-order valence-electron chi connectivity index (χ4n) is 3.23. The van der Waals surface area contributed by atoms with Crippen LogP contribution >= 0.6 is 0 Å². The van der Waals surface area contributed by atoms with Gasteiger partial charge in [-0.25, -0.2) is 0 Å². The third-order valence-electron chi connectivity index (χ3n) is 4.73. The Morgan fingerprint density at radius 3 is 2.68 bits per heavy atom. The summed E-state index contributed by atoms with van der Waals surface area (Å²) in [6.45, 7) is 3.92. The first-order valence-corrected chi connectivity index (χ1v) is 8.57. The van der Waals surface area contributed by atoms with Gasteiger partial charge in [-0.15, -0.1) is 0 Å². The summed E-state index contributed by atoms with van der Waals surface area (Å²) in [5.74, 6) is 0.358. The van der Waals surface area contributed by atoms with Crippen LogP contribution in [0.2, 0.25) is 0 Å². The summed E-state index contributed by atoms with van der Waals surface area (Å²) in [6.07, 6.45) is -1.97. The molecule has 2 rings (SSSR count). The van der Waals surface area contributed by atoms with E-state index in [2.05, 4.69) is 10.6 Å². The number of nitrogens with zero attached hydrogens (tertiary/aromatic N) is 1. The van der Waals surface area contributed by atoms with Crippen LogP contribution in [0.3, 0.4) is 0 Å². The molecule has 1 fully saturated rings. The van der Waals surface area contributed by atoms with Crippen LogP contribution < -0.4 is 15.5 Å². The van der Waals surface area contributed by atoms with Crippen LogP contribution in [0.5, 0.6) is 0 Å². The number of benzene rings is 1. The molecule has 2 unspecified atom stereocenters. The lowest BCUT2D eigenvalue weighted by Crippen LogP contribution is -2.34. The lowest BCUT2D eigenvalue weighted by atomic mass is 9.85. The Labute approximate surface area is 146 Å². The maximum atomic E-state index is 13.0. The fourth-order valence-corrected chi connectivity index (χ4v) is 3.23. The van der Waals surface area contributed by atoms with Crippen LogP contribution in [-0.2, 0) is 11.0 Å². The summed E-state index contributed by atoms with van der Waals surface area (Å²) in [6, 6.07) is 3.41. The first-order chi connectivity index (χ1) is 11.7. The Morgan fingerprint density at radius 1 is 1.40 bits per heavy atom. The maximum Gasteiger partial charge on any atom is 0.416 e. The standard InChI is InChI=1S/C18H26F3N3O/c1-12(13-5-4-8-22-11-13)9-17(25)23-15-10-14(18(19,20)21)6-7-16(15)24(2)3/h6-7,10,12-13,22H,4-5,8-9,11H2,1-3H3,(H,23,25). The number of hydrogen-bond donors (Lipinski definition) is 2. The summed E-state index contributed by atoms with van der Waals surface area (Å²) in [5.41, 5.74) is -0.0231. The predicted octanol–water partition coefficient (Wildman–Crippen LogP) is 3.74. The quantitative estimate of drug-likeness (QED) is 0.844. The van der Waals surface area contributed by atoms with Gasteiger partial charge in [-0.2, -0.15) is 13.2 Å². The summed E-state index contributed by atoms with van der Waals surface area (Å²) in [5, 5.41) is 6.00. The molecule has 1 amide bonds. The topological polar surface area (TPSA) is 44.4 Å². The van der Waals surface area contributed by atoms with Gasteiger partial charge in [0.25, 0.3) is 0 Å². The minimum atomic E-state index is -4.44. The number of alkyl halides is 3. The second-order valence-electron chi connectivity index (χ2n) is 6.96. The second-order valence-corrected chi connectivity index (χ2v) is 6.96. The Bertz CT molecular complexity index is 596. The molecule has 0 aromatic heterocycles. The molecule has 1 aromatic rings. The molecule has 2 N–H and O–H groups in total. The van der Waals surface area contributed by atoms with Crippen LogP contribution in [0.15, 0.2) is 18.2 Å². The van der Waals surface area contributed by atoms with Gasteiger partial charge in [-0.1, -0.05) is 6.92 Å². The SMILES string of the molecule is CC(CC(=O)Nc1cc(C(F)(F)F)ccc1N(C)C)C1CCCNC1. The van der Waals surface area contributed by atoms with Crippen molar-refractivity contribution in [1.29, 1.82) is 0 Å². The van der Waals surface area contributed by atoms with Crippen molar-refractivity contribution in [2.45, 2.75) is 32.4 Å². The third-order valence-corrected chi connectivity index (χ3v) is 4.73. The molecule has 1 saturated heterocycles. The molecule has 0 bridgehead atoms. The predicted molar refractivity (Wildman–Crippen MR) is 93.8 cm³/mol. The number of hydrogen-bond acceptors (Lipinski definition) is 3. The Kier molecular flexibility index (Phi) is 6.32. The second kappa shape index (κ2) is 8.08. The molecule has 1 aromatic carbocycles. The number of anilines is 2. The number of amides is 1. The van der Waals surface area contributed by atoms with E-state index in [1.54, 1.807) is 19.0 Å². The first-order valence-electron chi connectivity index (χ1n) is 8.57. The van der Waals surface area contributed by atoms with E-state index in [9.17, 15) is 18.0 Å². The molecule has 4 nitrogen and oxygen atoms in total. The largest absolute Gasteiger partial charge is 0.416 e. The molecule has 0 spiro atoms. The van der Waals surface area contributed by atoms with Crippen molar-refractivity contribution in [2.75, 3.05) is 37.4 Å². The number of halogens is 3. The Hall–Kier alpha value is -1.76. The molecular formula is C18H26F3N3O. The molecule has 2 atom stereocenters. The highest BCUT2D eigenvalue weighted by Gasteiger charge is 2.31. The zero-order valence-electron chi connectivity index (χ0n) is 14.9. The molecule has 7 heteroatoms. The van der Waals surface area contributed by atoms with Crippen molar-refractivity contribution in [3.63, 3.8) is 0 Å². The van der Waals surface area contributed by atoms with Crippen LogP contribution in [-0.4, -0.2) is 33.1 Å². The highest BCUT2D eigenvalue weighted by atomic mass is 19.4. The summed E-state index contributed by atoms with van der Waals surface area (Å²) < 4.78 is 38.9. The molecule has 0 saturated carbocycles. The van der Waals surface area contributed by atoms with Gasteiger partial charge in [-0.3, -0.25) is 4.79 Å². The van der Waals surface area contributed by atoms with Gasteiger partial charge >= 0.3 is 6.18 Å².